The van der Waals surface area contributed by atoms with E-state index in [4.69, 9.17) is 10.5 Å². The third-order valence-corrected chi connectivity index (χ3v) is 3.85. The SMILES string of the molecule is COC(=O)C1(N)CCC(N(C)CCCN(C)C)C1. The van der Waals surface area contributed by atoms with Crippen LogP contribution in [-0.2, 0) is 9.53 Å². The number of methoxy groups -OCH3 is 1. The molecule has 2 unspecified atom stereocenters. The van der Waals surface area contributed by atoms with Gasteiger partial charge >= 0.3 is 5.97 Å². The zero-order chi connectivity index (χ0) is 13.8. The monoisotopic (exact) mass is 257 g/mol. The van der Waals surface area contributed by atoms with Gasteiger partial charge in [0.25, 0.3) is 0 Å². The van der Waals surface area contributed by atoms with Gasteiger partial charge in [0, 0.05) is 6.04 Å². The highest BCUT2D eigenvalue weighted by molar-refractivity contribution is 5.81. The molecule has 1 fully saturated rings. The minimum absolute atomic E-state index is 0.272. The largest absolute Gasteiger partial charge is 0.468 e. The van der Waals surface area contributed by atoms with Crippen LogP contribution in [0.2, 0.25) is 0 Å². The first-order valence-corrected chi connectivity index (χ1v) is 6.61. The molecule has 1 aliphatic rings. The summed E-state index contributed by atoms with van der Waals surface area (Å²) in [5.74, 6) is -0.272. The van der Waals surface area contributed by atoms with E-state index in [1.54, 1.807) is 0 Å². The molecule has 0 aliphatic heterocycles. The number of nitrogens with zero attached hydrogens (tertiary/aromatic N) is 2. The fraction of sp³-hybridized carbons (Fsp3) is 0.923. The van der Waals surface area contributed by atoms with Crippen molar-refractivity contribution in [1.29, 1.82) is 0 Å². The molecule has 0 heterocycles. The van der Waals surface area contributed by atoms with Gasteiger partial charge in [-0.2, -0.15) is 0 Å². The Bertz CT molecular complexity index is 283. The topological polar surface area (TPSA) is 58.8 Å². The van der Waals surface area contributed by atoms with Crippen LogP contribution in [0.1, 0.15) is 25.7 Å². The van der Waals surface area contributed by atoms with Gasteiger partial charge in [-0.05, 0) is 59.9 Å². The fourth-order valence-electron chi connectivity index (χ4n) is 2.63. The van der Waals surface area contributed by atoms with Crippen molar-refractivity contribution in [3.63, 3.8) is 0 Å². The Morgan fingerprint density at radius 2 is 2.06 bits per heavy atom. The zero-order valence-electron chi connectivity index (χ0n) is 12.1. The van der Waals surface area contributed by atoms with E-state index in [1.165, 1.54) is 7.11 Å². The quantitative estimate of drug-likeness (QED) is 0.693. The Balaban J connectivity index is 2.39. The van der Waals surface area contributed by atoms with Crippen molar-refractivity contribution in [2.45, 2.75) is 37.3 Å². The van der Waals surface area contributed by atoms with Crippen molar-refractivity contribution in [2.24, 2.45) is 5.73 Å². The van der Waals surface area contributed by atoms with Crippen molar-refractivity contribution >= 4 is 5.97 Å². The molecule has 5 nitrogen and oxygen atoms in total. The van der Waals surface area contributed by atoms with E-state index in [0.29, 0.717) is 12.5 Å². The second kappa shape index (κ2) is 6.50. The predicted molar refractivity (Wildman–Crippen MR) is 72.4 cm³/mol. The van der Waals surface area contributed by atoms with E-state index < -0.39 is 5.54 Å². The van der Waals surface area contributed by atoms with Crippen molar-refractivity contribution in [3.8, 4) is 0 Å². The first-order valence-electron chi connectivity index (χ1n) is 6.61. The third kappa shape index (κ3) is 3.93. The Kier molecular flexibility index (Phi) is 5.56. The molecule has 0 amide bonds. The number of carbonyl (C=O) groups is 1. The summed E-state index contributed by atoms with van der Waals surface area (Å²) in [4.78, 5) is 16.1. The maximum Gasteiger partial charge on any atom is 0.325 e. The number of rotatable bonds is 6. The average molecular weight is 257 g/mol. The summed E-state index contributed by atoms with van der Waals surface area (Å²) in [6.07, 6.45) is 3.54. The number of nitrogens with two attached hydrogens (primary N) is 1. The van der Waals surface area contributed by atoms with Gasteiger partial charge in [-0.15, -0.1) is 0 Å². The molecule has 0 spiro atoms. The molecule has 0 radical (unpaired) electrons. The van der Waals surface area contributed by atoms with Crippen molar-refractivity contribution in [1.82, 2.24) is 9.80 Å². The molecule has 0 aromatic carbocycles. The Labute approximate surface area is 110 Å². The maximum absolute atomic E-state index is 11.6. The minimum atomic E-state index is -0.769. The molecule has 2 atom stereocenters. The van der Waals surface area contributed by atoms with E-state index in [-0.39, 0.29) is 5.97 Å². The predicted octanol–water partition coefficient (Wildman–Crippen LogP) is 0.293. The van der Waals surface area contributed by atoms with Crippen LogP contribution >= 0.6 is 0 Å². The summed E-state index contributed by atoms with van der Waals surface area (Å²) in [7, 11) is 7.68. The lowest BCUT2D eigenvalue weighted by molar-refractivity contribution is -0.146. The Morgan fingerprint density at radius 3 is 2.61 bits per heavy atom. The van der Waals surface area contributed by atoms with Crippen LogP contribution in [0, 0.1) is 0 Å². The Hall–Kier alpha value is -0.650. The molecule has 2 N–H and O–H groups in total. The summed E-state index contributed by atoms with van der Waals surface area (Å²) < 4.78 is 4.79. The molecule has 0 saturated heterocycles. The summed E-state index contributed by atoms with van der Waals surface area (Å²) in [5, 5.41) is 0. The first kappa shape index (κ1) is 15.4. The number of hydrogen-bond donors (Lipinski definition) is 1. The van der Waals surface area contributed by atoms with Crippen LogP contribution in [0.5, 0.6) is 0 Å². The van der Waals surface area contributed by atoms with Gasteiger partial charge < -0.3 is 20.3 Å². The Morgan fingerprint density at radius 1 is 1.39 bits per heavy atom. The van der Waals surface area contributed by atoms with Gasteiger partial charge in [0.2, 0.25) is 0 Å². The number of esters is 1. The van der Waals surface area contributed by atoms with E-state index >= 15 is 0 Å². The van der Waals surface area contributed by atoms with Crippen LogP contribution in [0.25, 0.3) is 0 Å². The van der Waals surface area contributed by atoms with Gasteiger partial charge in [-0.3, -0.25) is 4.79 Å². The smallest absolute Gasteiger partial charge is 0.325 e. The molecule has 5 heteroatoms. The molecule has 1 rings (SSSR count). The molecule has 1 saturated carbocycles. The number of carbonyl (C=O) groups excluding carboxylic acids is 1. The van der Waals surface area contributed by atoms with Crippen molar-refractivity contribution in [3.05, 3.63) is 0 Å². The summed E-state index contributed by atoms with van der Waals surface area (Å²) >= 11 is 0. The van der Waals surface area contributed by atoms with Gasteiger partial charge in [-0.1, -0.05) is 0 Å². The molecular formula is C13H27N3O2. The maximum atomic E-state index is 11.6. The molecule has 1 aliphatic carbocycles. The lowest BCUT2D eigenvalue weighted by atomic mass is 9.99. The highest BCUT2D eigenvalue weighted by atomic mass is 16.5. The van der Waals surface area contributed by atoms with Gasteiger partial charge in [-0.25, -0.2) is 0 Å². The summed E-state index contributed by atoms with van der Waals surface area (Å²) in [6, 6.07) is 0.399. The minimum Gasteiger partial charge on any atom is -0.468 e. The van der Waals surface area contributed by atoms with Gasteiger partial charge in [0.05, 0.1) is 7.11 Å². The van der Waals surface area contributed by atoms with Crippen molar-refractivity contribution in [2.75, 3.05) is 41.3 Å². The van der Waals surface area contributed by atoms with E-state index in [9.17, 15) is 4.79 Å². The molecule has 106 valence electrons. The van der Waals surface area contributed by atoms with E-state index in [0.717, 1.165) is 32.4 Å². The number of hydrogen-bond acceptors (Lipinski definition) is 5. The lowest BCUT2D eigenvalue weighted by Gasteiger charge is -2.26. The van der Waals surface area contributed by atoms with Crippen LogP contribution in [0.3, 0.4) is 0 Å². The highest BCUT2D eigenvalue weighted by Gasteiger charge is 2.43. The second-order valence-electron chi connectivity index (χ2n) is 5.68. The molecule has 0 aromatic rings. The highest BCUT2D eigenvalue weighted by Crippen LogP contribution is 2.31. The number of ether oxygens (including phenoxy) is 1. The zero-order valence-corrected chi connectivity index (χ0v) is 12.1. The second-order valence-corrected chi connectivity index (χ2v) is 5.68. The summed E-state index contributed by atoms with van der Waals surface area (Å²) in [5.41, 5.74) is 5.34. The molecule has 18 heavy (non-hydrogen) atoms. The van der Waals surface area contributed by atoms with Gasteiger partial charge in [0.15, 0.2) is 0 Å². The third-order valence-electron chi connectivity index (χ3n) is 3.85. The molecule has 0 aromatic heterocycles. The standard InChI is InChI=1S/C13H27N3O2/c1-15(2)8-5-9-16(3)11-6-7-13(14,10-11)12(17)18-4/h11H,5-10,14H2,1-4H3. The van der Waals surface area contributed by atoms with Crippen LogP contribution in [0.15, 0.2) is 0 Å². The van der Waals surface area contributed by atoms with E-state index in [2.05, 4.69) is 30.9 Å². The first-order chi connectivity index (χ1) is 8.39. The van der Waals surface area contributed by atoms with Gasteiger partial charge in [0.1, 0.15) is 5.54 Å². The van der Waals surface area contributed by atoms with Crippen molar-refractivity contribution < 1.29 is 9.53 Å². The van der Waals surface area contributed by atoms with E-state index in [1.807, 2.05) is 0 Å². The average Bonchev–Trinajstić information content (AvgIpc) is 2.71. The fourth-order valence-corrected chi connectivity index (χ4v) is 2.63. The van der Waals surface area contributed by atoms with Crippen LogP contribution < -0.4 is 5.73 Å². The molecule has 0 bridgehead atoms. The van der Waals surface area contributed by atoms with Crippen LogP contribution in [0.4, 0.5) is 0 Å². The molecular weight excluding hydrogens is 230 g/mol. The summed E-state index contributed by atoms with van der Waals surface area (Å²) in [6.45, 7) is 2.13. The van der Waals surface area contributed by atoms with Crippen LogP contribution in [-0.4, -0.2) is 68.7 Å². The lowest BCUT2D eigenvalue weighted by Crippen LogP contribution is -2.47. The normalized spacial score (nSPS) is 28.1.